The number of carboxylic acids is 1. The number of carbonyl (C=O) groups excluding carboxylic acids is 1. The van der Waals surface area contributed by atoms with Crippen LogP contribution in [0.3, 0.4) is 0 Å². The smallest absolute Gasteiger partial charge is 0.315 e. The zero-order valence-electron chi connectivity index (χ0n) is 11.9. The van der Waals surface area contributed by atoms with Gasteiger partial charge in [0.1, 0.15) is 5.82 Å². The molecule has 7 nitrogen and oxygen atoms in total. The number of hydrogen-bond donors (Lipinski definition) is 3. The van der Waals surface area contributed by atoms with Gasteiger partial charge in [0, 0.05) is 18.2 Å². The maximum atomic E-state index is 11.7. The first kappa shape index (κ1) is 15.9. The minimum absolute atomic E-state index is 0.0123. The van der Waals surface area contributed by atoms with Crippen LogP contribution in [0.1, 0.15) is 38.2 Å². The molecule has 0 aromatic carbocycles. The SMILES string of the molecule is Cc1nccc(CNC(=O)NC(C)(C)CCC(=O)O)n1. The van der Waals surface area contributed by atoms with Gasteiger partial charge in [-0.15, -0.1) is 0 Å². The van der Waals surface area contributed by atoms with E-state index in [1.807, 2.05) is 0 Å². The van der Waals surface area contributed by atoms with Gasteiger partial charge in [0.05, 0.1) is 12.2 Å². The molecular formula is C13H20N4O3. The highest BCUT2D eigenvalue weighted by Crippen LogP contribution is 2.10. The largest absolute Gasteiger partial charge is 0.481 e. The van der Waals surface area contributed by atoms with Gasteiger partial charge in [-0.2, -0.15) is 0 Å². The molecule has 1 heterocycles. The van der Waals surface area contributed by atoms with Crippen molar-refractivity contribution < 1.29 is 14.7 Å². The summed E-state index contributed by atoms with van der Waals surface area (Å²) in [4.78, 5) is 30.4. The molecule has 0 aliphatic heterocycles. The molecule has 0 unspecified atom stereocenters. The molecule has 0 bridgehead atoms. The maximum absolute atomic E-state index is 11.7. The Kier molecular flexibility index (Phi) is 5.42. The summed E-state index contributed by atoms with van der Waals surface area (Å²) < 4.78 is 0. The van der Waals surface area contributed by atoms with Gasteiger partial charge in [-0.3, -0.25) is 4.79 Å². The van der Waals surface area contributed by atoms with E-state index in [-0.39, 0.29) is 12.5 Å². The molecule has 110 valence electrons. The first-order valence-electron chi connectivity index (χ1n) is 6.35. The highest BCUT2D eigenvalue weighted by molar-refractivity contribution is 5.74. The van der Waals surface area contributed by atoms with Crippen molar-refractivity contribution in [1.82, 2.24) is 20.6 Å². The van der Waals surface area contributed by atoms with Gasteiger partial charge in [0.2, 0.25) is 0 Å². The number of nitrogens with one attached hydrogen (secondary N) is 2. The maximum Gasteiger partial charge on any atom is 0.315 e. The van der Waals surface area contributed by atoms with Gasteiger partial charge in [-0.05, 0) is 33.3 Å². The summed E-state index contributed by atoms with van der Waals surface area (Å²) in [6.45, 7) is 5.64. The van der Waals surface area contributed by atoms with Gasteiger partial charge >= 0.3 is 12.0 Å². The summed E-state index contributed by atoms with van der Waals surface area (Å²) in [5.74, 6) is -0.233. The molecule has 0 atom stereocenters. The second-order valence-electron chi connectivity index (χ2n) is 5.18. The zero-order valence-corrected chi connectivity index (χ0v) is 11.9. The molecule has 1 aromatic rings. The van der Waals surface area contributed by atoms with E-state index in [4.69, 9.17) is 5.11 Å². The monoisotopic (exact) mass is 280 g/mol. The Morgan fingerprint density at radius 2 is 2.10 bits per heavy atom. The molecule has 0 aliphatic carbocycles. The number of carboxylic acid groups (broad SMARTS) is 1. The normalized spacial score (nSPS) is 10.9. The van der Waals surface area contributed by atoms with Crippen LogP contribution >= 0.6 is 0 Å². The third-order valence-corrected chi connectivity index (χ3v) is 2.68. The summed E-state index contributed by atoms with van der Waals surface area (Å²) in [5, 5.41) is 14.1. The lowest BCUT2D eigenvalue weighted by atomic mass is 9.99. The third-order valence-electron chi connectivity index (χ3n) is 2.68. The molecule has 0 radical (unpaired) electrons. The number of aliphatic carboxylic acids is 1. The lowest BCUT2D eigenvalue weighted by Gasteiger charge is -2.25. The van der Waals surface area contributed by atoms with Crippen LogP contribution in [0.4, 0.5) is 4.79 Å². The highest BCUT2D eigenvalue weighted by atomic mass is 16.4. The van der Waals surface area contributed by atoms with Crippen molar-refractivity contribution in [3.63, 3.8) is 0 Å². The summed E-state index contributed by atoms with van der Waals surface area (Å²) >= 11 is 0. The van der Waals surface area contributed by atoms with Crippen molar-refractivity contribution in [2.24, 2.45) is 0 Å². The Balaban J connectivity index is 2.41. The second-order valence-corrected chi connectivity index (χ2v) is 5.18. The standard InChI is InChI=1S/C13H20N4O3/c1-9-14-7-5-10(16-9)8-15-12(20)17-13(2,3)6-4-11(18)19/h5,7H,4,6,8H2,1-3H3,(H,18,19)(H2,15,17,20). The fraction of sp³-hybridized carbons (Fsp3) is 0.538. The molecule has 0 saturated heterocycles. The first-order valence-corrected chi connectivity index (χ1v) is 6.35. The quantitative estimate of drug-likeness (QED) is 0.727. The minimum Gasteiger partial charge on any atom is -0.481 e. The Hall–Kier alpha value is -2.18. The molecule has 7 heteroatoms. The number of hydrogen-bond acceptors (Lipinski definition) is 4. The lowest BCUT2D eigenvalue weighted by Crippen LogP contribution is -2.48. The Bertz CT molecular complexity index is 488. The van der Waals surface area contributed by atoms with Crippen LogP contribution in [0.15, 0.2) is 12.3 Å². The predicted octanol–water partition coefficient (Wildman–Crippen LogP) is 1.23. The molecule has 0 fully saturated rings. The minimum atomic E-state index is -0.878. The molecule has 0 spiro atoms. The number of amides is 2. The number of aromatic nitrogens is 2. The van der Waals surface area contributed by atoms with Crippen molar-refractivity contribution >= 4 is 12.0 Å². The van der Waals surface area contributed by atoms with Crippen LogP contribution in [0.2, 0.25) is 0 Å². The molecule has 1 rings (SSSR count). The Labute approximate surface area is 117 Å². The molecule has 1 aromatic heterocycles. The lowest BCUT2D eigenvalue weighted by molar-refractivity contribution is -0.137. The van der Waals surface area contributed by atoms with Crippen LogP contribution < -0.4 is 10.6 Å². The van der Waals surface area contributed by atoms with E-state index in [1.165, 1.54) is 0 Å². The number of urea groups is 1. The van der Waals surface area contributed by atoms with E-state index >= 15 is 0 Å². The molecular weight excluding hydrogens is 260 g/mol. The van der Waals surface area contributed by atoms with E-state index in [0.29, 0.717) is 18.8 Å². The van der Waals surface area contributed by atoms with E-state index < -0.39 is 11.5 Å². The van der Waals surface area contributed by atoms with Crippen molar-refractivity contribution in [3.05, 3.63) is 23.8 Å². The van der Waals surface area contributed by atoms with Gasteiger partial charge in [0.25, 0.3) is 0 Å². The molecule has 3 N–H and O–H groups in total. The molecule has 2 amide bonds. The number of rotatable bonds is 6. The van der Waals surface area contributed by atoms with E-state index in [2.05, 4.69) is 20.6 Å². The van der Waals surface area contributed by atoms with Gasteiger partial charge in [-0.25, -0.2) is 14.8 Å². The summed E-state index contributed by atoms with van der Waals surface area (Å²) in [6.07, 6.45) is 2.01. The van der Waals surface area contributed by atoms with Crippen molar-refractivity contribution in [1.29, 1.82) is 0 Å². The summed E-state index contributed by atoms with van der Waals surface area (Å²) in [5.41, 5.74) is 0.139. The Morgan fingerprint density at radius 3 is 2.70 bits per heavy atom. The van der Waals surface area contributed by atoms with Crippen LogP contribution in [-0.2, 0) is 11.3 Å². The number of nitrogens with zero attached hydrogens (tertiary/aromatic N) is 2. The van der Waals surface area contributed by atoms with Crippen molar-refractivity contribution in [3.8, 4) is 0 Å². The molecule has 0 saturated carbocycles. The third kappa shape index (κ3) is 6.12. The van der Waals surface area contributed by atoms with Crippen molar-refractivity contribution in [2.75, 3.05) is 0 Å². The fourth-order valence-electron chi connectivity index (χ4n) is 1.61. The average Bonchev–Trinajstić information content (AvgIpc) is 2.34. The van der Waals surface area contributed by atoms with Crippen LogP contribution in [0, 0.1) is 6.92 Å². The number of carbonyl (C=O) groups is 2. The topological polar surface area (TPSA) is 104 Å². The van der Waals surface area contributed by atoms with E-state index in [0.717, 1.165) is 5.69 Å². The second kappa shape index (κ2) is 6.83. The fourth-order valence-corrected chi connectivity index (χ4v) is 1.61. The molecule has 0 aliphatic rings. The van der Waals surface area contributed by atoms with E-state index in [9.17, 15) is 9.59 Å². The zero-order chi connectivity index (χ0) is 15.2. The van der Waals surface area contributed by atoms with Crippen LogP contribution in [-0.4, -0.2) is 32.6 Å². The predicted molar refractivity (Wildman–Crippen MR) is 73.1 cm³/mol. The summed E-state index contributed by atoms with van der Waals surface area (Å²) in [6, 6.07) is 1.37. The Morgan fingerprint density at radius 1 is 1.40 bits per heavy atom. The van der Waals surface area contributed by atoms with Gasteiger partial charge in [0.15, 0.2) is 0 Å². The van der Waals surface area contributed by atoms with Gasteiger partial charge < -0.3 is 15.7 Å². The first-order chi connectivity index (χ1) is 9.28. The van der Waals surface area contributed by atoms with Crippen LogP contribution in [0.5, 0.6) is 0 Å². The average molecular weight is 280 g/mol. The van der Waals surface area contributed by atoms with Crippen LogP contribution in [0.25, 0.3) is 0 Å². The number of aryl methyl sites for hydroxylation is 1. The van der Waals surface area contributed by atoms with E-state index in [1.54, 1.807) is 33.0 Å². The van der Waals surface area contributed by atoms with Crippen molar-refractivity contribution in [2.45, 2.75) is 45.7 Å². The van der Waals surface area contributed by atoms with Gasteiger partial charge in [-0.1, -0.05) is 0 Å². The summed E-state index contributed by atoms with van der Waals surface area (Å²) in [7, 11) is 0. The molecule has 20 heavy (non-hydrogen) atoms. The highest BCUT2D eigenvalue weighted by Gasteiger charge is 2.21.